The Hall–Kier alpha value is -2.56. The highest BCUT2D eigenvalue weighted by molar-refractivity contribution is 5.98. The first-order chi connectivity index (χ1) is 12.4. The fraction of sp³-hybridized carbons (Fsp3) is 0.333. The van der Waals surface area contributed by atoms with Crippen LogP contribution in [0.5, 0.6) is 0 Å². The Morgan fingerprint density at radius 3 is 2.54 bits per heavy atom. The molecule has 1 atom stereocenters. The van der Waals surface area contributed by atoms with Crippen LogP contribution >= 0.6 is 0 Å². The monoisotopic (exact) mass is 357 g/mol. The molecule has 0 bridgehead atoms. The highest BCUT2D eigenvalue weighted by atomic mass is 19.2. The smallest absolute Gasteiger partial charge is 0.220 e. The van der Waals surface area contributed by atoms with Crippen molar-refractivity contribution in [2.45, 2.75) is 45.1 Å². The summed E-state index contributed by atoms with van der Waals surface area (Å²) in [5.74, 6) is -2.23. The lowest BCUT2D eigenvalue weighted by Crippen LogP contribution is -2.27. The number of nitrogens with one attached hydrogen (secondary N) is 1. The number of hydrogen-bond acceptors (Lipinski definition) is 2. The van der Waals surface area contributed by atoms with Gasteiger partial charge in [-0.25, -0.2) is 8.78 Å². The third kappa shape index (κ3) is 4.15. The summed E-state index contributed by atoms with van der Waals surface area (Å²) in [5.41, 5.74) is 3.65. The molecule has 1 aliphatic rings. The second-order valence-electron chi connectivity index (χ2n) is 6.72. The summed E-state index contributed by atoms with van der Waals surface area (Å²) >= 11 is 0. The number of halogens is 2. The van der Waals surface area contributed by atoms with Crippen LogP contribution in [0, 0.1) is 11.6 Å². The standard InChI is InChI=1S/C21H21F2NO2/c1-13(15-7-8-18(22)19(23)12-15)24-21(26)10-9-20(25)17-6-5-14-3-2-4-16(14)11-17/h5-8,11-13H,2-4,9-10H2,1H3,(H,24,26). The van der Waals surface area contributed by atoms with E-state index in [1.54, 1.807) is 6.92 Å². The molecule has 1 unspecified atom stereocenters. The van der Waals surface area contributed by atoms with Gasteiger partial charge in [-0.2, -0.15) is 0 Å². The van der Waals surface area contributed by atoms with Crippen LogP contribution in [0.2, 0.25) is 0 Å². The van der Waals surface area contributed by atoms with Gasteiger partial charge in [0.1, 0.15) is 0 Å². The average Bonchev–Trinajstić information content (AvgIpc) is 3.09. The van der Waals surface area contributed by atoms with E-state index in [-0.39, 0.29) is 24.5 Å². The van der Waals surface area contributed by atoms with E-state index in [0.29, 0.717) is 11.1 Å². The minimum absolute atomic E-state index is 0.0595. The van der Waals surface area contributed by atoms with Crippen molar-refractivity contribution < 1.29 is 18.4 Å². The Morgan fingerprint density at radius 2 is 1.77 bits per heavy atom. The highest BCUT2D eigenvalue weighted by Crippen LogP contribution is 2.23. The summed E-state index contributed by atoms with van der Waals surface area (Å²) < 4.78 is 26.3. The zero-order valence-corrected chi connectivity index (χ0v) is 14.6. The van der Waals surface area contributed by atoms with Crippen molar-refractivity contribution >= 4 is 11.7 Å². The van der Waals surface area contributed by atoms with Crippen LogP contribution in [0.3, 0.4) is 0 Å². The number of benzene rings is 2. The summed E-state index contributed by atoms with van der Waals surface area (Å²) in [7, 11) is 0. The average molecular weight is 357 g/mol. The molecule has 2 aromatic rings. The van der Waals surface area contributed by atoms with Crippen molar-refractivity contribution in [3.8, 4) is 0 Å². The van der Waals surface area contributed by atoms with E-state index in [2.05, 4.69) is 5.32 Å². The number of carbonyl (C=O) groups excluding carboxylic acids is 2. The van der Waals surface area contributed by atoms with E-state index in [9.17, 15) is 18.4 Å². The Labute approximate surface area is 151 Å². The predicted molar refractivity (Wildman–Crippen MR) is 94.9 cm³/mol. The summed E-state index contributed by atoms with van der Waals surface area (Å²) in [6, 6.07) is 8.83. The lowest BCUT2D eigenvalue weighted by Gasteiger charge is -2.14. The Morgan fingerprint density at radius 1 is 1.00 bits per heavy atom. The van der Waals surface area contributed by atoms with Gasteiger partial charge in [-0.3, -0.25) is 9.59 Å². The second kappa shape index (κ2) is 7.77. The van der Waals surface area contributed by atoms with Gasteiger partial charge < -0.3 is 5.32 Å². The van der Waals surface area contributed by atoms with E-state index >= 15 is 0 Å². The minimum atomic E-state index is -0.949. The fourth-order valence-electron chi connectivity index (χ4n) is 3.30. The van der Waals surface area contributed by atoms with E-state index < -0.39 is 17.7 Å². The van der Waals surface area contributed by atoms with Crippen LogP contribution in [-0.2, 0) is 17.6 Å². The maximum absolute atomic E-state index is 13.3. The lowest BCUT2D eigenvalue weighted by molar-refractivity contribution is -0.121. The van der Waals surface area contributed by atoms with Crippen molar-refractivity contribution in [3.63, 3.8) is 0 Å². The van der Waals surface area contributed by atoms with Crippen molar-refractivity contribution in [2.75, 3.05) is 0 Å². The number of aryl methyl sites for hydroxylation is 2. The van der Waals surface area contributed by atoms with Gasteiger partial charge in [-0.15, -0.1) is 0 Å². The molecule has 0 saturated carbocycles. The number of rotatable bonds is 6. The maximum atomic E-state index is 13.3. The third-order valence-corrected chi connectivity index (χ3v) is 4.82. The second-order valence-corrected chi connectivity index (χ2v) is 6.72. The highest BCUT2D eigenvalue weighted by Gasteiger charge is 2.16. The van der Waals surface area contributed by atoms with E-state index in [4.69, 9.17) is 0 Å². The molecule has 0 radical (unpaired) electrons. The molecule has 0 spiro atoms. The van der Waals surface area contributed by atoms with Gasteiger partial charge >= 0.3 is 0 Å². The van der Waals surface area contributed by atoms with Gasteiger partial charge in [-0.05, 0) is 61.1 Å². The summed E-state index contributed by atoms with van der Waals surface area (Å²) in [6.45, 7) is 1.69. The SMILES string of the molecule is CC(NC(=O)CCC(=O)c1ccc2c(c1)CCC2)c1ccc(F)c(F)c1. The number of ketones is 1. The molecule has 1 amide bonds. The normalized spacial score (nSPS) is 14.0. The Kier molecular flexibility index (Phi) is 5.45. The van der Waals surface area contributed by atoms with Crippen LogP contribution in [-0.4, -0.2) is 11.7 Å². The van der Waals surface area contributed by atoms with Gasteiger partial charge in [0.15, 0.2) is 17.4 Å². The maximum Gasteiger partial charge on any atom is 0.220 e. The molecule has 26 heavy (non-hydrogen) atoms. The molecule has 0 heterocycles. The fourth-order valence-corrected chi connectivity index (χ4v) is 3.30. The van der Waals surface area contributed by atoms with Crippen LogP contribution in [0.4, 0.5) is 8.78 Å². The largest absolute Gasteiger partial charge is 0.350 e. The first kappa shape index (κ1) is 18.2. The van der Waals surface area contributed by atoms with Crippen molar-refractivity contribution in [1.82, 2.24) is 5.32 Å². The molecule has 2 aromatic carbocycles. The quantitative estimate of drug-likeness (QED) is 0.784. The number of carbonyl (C=O) groups is 2. The summed E-state index contributed by atoms with van der Waals surface area (Å²) in [4.78, 5) is 24.4. The lowest BCUT2D eigenvalue weighted by atomic mass is 10.0. The molecule has 1 aliphatic carbocycles. The topological polar surface area (TPSA) is 46.2 Å². The third-order valence-electron chi connectivity index (χ3n) is 4.82. The molecule has 0 saturated heterocycles. The van der Waals surface area contributed by atoms with Gasteiger partial charge in [0.2, 0.25) is 5.91 Å². The number of fused-ring (bicyclic) bond motifs is 1. The van der Waals surface area contributed by atoms with E-state index in [0.717, 1.165) is 31.4 Å². The Balaban J connectivity index is 1.53. The van der Waals surface area contributed by atoms with Gasteiger partial charge in [0.25, 0.3) is 0 Å². The number of Topliss-reactive ketones (excluding diaryl/α,β-unsaturated/α-hetero) is 1. The summed E-state index contributed by atoms with van der Waals surface area (Å²) in [5, 5.41) is 2.71. The summed E-state index contributed by atoms with van der Waals surface area (Å²) in [6.07, 6.45) is 3.37. The Bertz CT molecular complexity index is 848. The first-order valence-corrected chi connectivity index (χ1v) is 8.83. The van der Waals surface area contributed by atoms with Crippen LogP contribution in [0.1, 0.15) is 59.3 Å². The van der Waals surface area contributed by atoms with E-state index in [1.807, 2.05) is 18.2 Å². The van der Waals surface area contributed by atoms with Gasteiger partial charge in [0, 0.05) is 18.4 Å². The first-order valence-electron chi connectivity index (χ1n) is 8.83. The van der Waals surface area contributed by atoms with Gasteiger partial charge in [-0.1, -0.05) is 18.2 Å². The van der Waals surface area contributed by atoms with E-state index in [1.165, 1.54) is 17.2 Å². The molecular formula is C21H21F2NO2. The zero-order chi connectivity index (χ0) is 18.7. The van der Waals surface area contributed by atoms with Crippen molar-refractivity contribution in [2.24, 2.45) is 0 Å². The molecular weight excluding hydrogens is 336 g/mol. The molecule has 136 valence electrons. The molecule has 0 fully saturated rings. The van der Waals surface area contributed by atoms with Crippen LogP contribution < -0.4 is 5.32 Å². The van der Waals surface area contributed by atoms with Crippen molar-refractivity contribution in [1.29, 1.82) is 0 Å². The predicted octanol–water partition coefficient (Wildman–Crippen LogP) is 4.29. The minimum Gasteiger partial charge on any atom is -0.350 e. The number of amides is 1. The zero-order valence-electron chi connectivity index (χ0n) is 14.6. The molecule has 3 nitrogen and oxygen atoms in total. The number of hydrogen-bond donors (Lipinski definition) is 1. The van der Waals surface area contributed by atoms with Gasteiger partial charge in [0.05, 0.1) is 6.04 Å². The molecule has 0 aromatic heterocycles. The molecule has 3 rings (SSSR count). The van der Waals surface area contributed by atoms with Crippen molar-refractivity contribution in [3.05, 3.63) is 70.3 Å². The van der Waals surface area contributed by atoms with Crippen LogP contribution in [0.15, 0.2) is 36.4 Å². The molecule has 1 N–H and O–H groups in total. The molecule has 5 heteroatoms. The molecule has 0 aliphatic heterocycles. The van der Waals surface area contributed by atoms with Crippen LogP contribution in [0.25, 0.3) is 0 Å².